The highest BCUT2D eigenvalue weighted by Crippen LogP contribution is 2.23. The van der Waals surface area contributed by atoms with E-state index in [9.17, 15) is 4.79 Å². The van der Waals surface area contributed by atoms with Crippen LogP contribution in [-0.4, -0.2) is 17.6 Å². The second-order valence-corrected chi connectivity index (χ2v) is 7.79. The lowest BCUT2D eigenvalue weighted by Crippen LogP contribution is -2.34. The van der Waals surface area contributed by atoms with Gasteiger partial charge in [-0.3, -0.25) is 4.79 Å². The summed E-state index contributed by atoms with van der Waals surface area (Å²) in [7, 11) is 0. The van der Waals surface area contributed by atoms with Gasteiger partial charge < -0.3 is 15.4 Å². The second kappa shape index (κ2) is 17.0. The molecule has 162 valence electrons. The summed E-state index contributed by atoms with van der Waals surface area (Å²) >= 11 is 5.25. The molecule has 0 radical (unpaired) electrons. The van der Waals surface area contributed by atoms with E-state index >= 15 is 0 Å². The van der Waals surface area contributed by atoms with Crippen LogP contribution in [0.3, 0.4) is 0 Å². The van der Waals surface area contributed by atoms with E-state index < -0.39 is 0 Å². The zero-order valence-electron chi connectivity index (χ0n) is 18.0. The highest BCUT2D eigenvalue weighted by molar-refractivity contribution is 7.80. The van der Waals surface area contributed by atoms with E-state index in [1.807, 2.05) is 24.3 Å². The van der Waals surface area contributed by atoms with Crippen molar-refractivity contribution in [1.29, 1.82) is 0 Å². The normalized spacial score (nSPS) is 10.4. The number of nitrogens with one attached hydrogen (secondary N) is 2. The number of amides is 1. The largest absolute Gasteiger partial charge is 0.487 e. The van der Waals surface area contributed by atoms with Crippen LogP contribution in [0.15, 0.2) is 36.9 Å². The van der Waals surface area contributed by atoms with Gasteiger partial charge in [0, 0.05) is 6.42 Å². The average molecular weight is 419 g/mol. The van der Waals surface area contributed by atoms with Crippen molar-refractivity contribution in [1.82, 2.24) is 5.32 Å². The molecule has 5 heteroatoms. The van der Waals surface area contributed by atoms with E-state index in [1.54, 1.807) is 6.08 Å². The van der Waals surface area contributed by atoms with Crippen LogP contribution in [0.1, 0.15) is 84.0 Å². The molecule has 1 aromatic rings. The fourth-order valence-corrected chi connectivity index (χ4v) is 3.36. The molecule has 0 aliphatic heterocycles. The van der Waals surface area contributed by atoms with Crippen molar-refractivity contribution < 1.29 is 9.53 Å². The van der Waals surface area contributed by atoms with E-state index in [1.165, 1.54) is 57.8 Å². The molecule has 1 amide bonds. The summed E-state index contributed by atoms with van der Waals surface area (Å²) in [5.41, 5.74) is 0.731. The van der Waals surface area contributed by atoms with E-state index in [0.717, 1.165) is 18.5 Å². The van der Waals surface area contributed by atoms with Crippen molar-refractivity contribution in [2.75, 3.05) is 11.9 Å². The first kappa shape index (κ1) is 25.2. The first-order valence-corrected chi connectivity index (χ1v) is 11.5. The first-order chi connectivity index (χ1) is 14.2. The number of unbranched alkanes of at least 4 members (excludes halogenated alkanes) is 10. The second-order valence-electron chi connectivity index (χ2n) is 7.38. The molecular weight excluding hydrogens is 380 g/mol. The van der Waals surface area contributed by atoms with E-state index in [4.69, 9.17) is 17.0 Å². The summed E-state index contributed by atoms with van der Waals surface area (Å²) in [6, 6.07) is 7.48. The van der Waals surface area contributed by atoms with Crippen LogP contribution in [0.25, 0.3) is 0 Å². The lowest BCUT2D eigenvalue weighted by atomic mass is 10.1. The first-order valence-electron chi connectivity index (χ1n) is 11.1. The molecule has 0 aliphatic carbocycles. The Labute approximate surface area is 182 Å². The molecule has 0 spiro atoms. The molecule has 0 fully saturated rings. The number of hydrogen-bond acceptors (Lipinski definition) is 3. The number of carbonyl (C=O) groups is 1. The molecular formula is C24H38N2O2S. The molecule has 1 rings (SSSR count). The maximum absolute atomic E-state index is 12.1. The third kappa shape index (κ3) is 13.1. The number of thiocarbonyl (C=S) groups is 1. The van der Waals surface area contributed by atoms with Crippen LogP contribution < -0.4 is 15.4 Å². The Morgan fingerprint density at radius 2 is 1.59 bits per heavy atom. The van der Waals surface area contributed by atoms with Gasteiger partial charge in [-0.2, -0.15) is 0 Å². The predicted octanol–water partition coefficient (Wildman–Crippen LogP) is 6.77. The van der Waals surface area contributed by atoms with Gasteiger partial charge in [-0.25, -0.2) is 0 Å². The molecule has 0 unspecified atom stereocenters. The van der Waals surface area contributed by atoms with Gasteiger partial charge in [0.1, 0.15) is 12.4 Å². The van der Waals surface area contributed by atoms with Crippen molar-refractivity contribution in [2.24, 2.45) is 0 Å². The third-order valence-electron chi connectivity index (χ3n) is 4.75. The summed E-state index contributed by atoms with van der Waals surface area (Å²) in [5, 5.41) is 6.09. The van der Waals surface area contributed by atoms with Crippen LogP contribution in [0, 0.1) is 0 Å². The molecule has 2 N–H and O–H groups in total. The van der Waals surface area contributed by atoms with E-state index in [0.29, 0.717) is 23.9 Å². The van der Waals surface area contributed by atoms with Gasteiger partial charge in [0.05, 0.1) is 5.69 Å². The molecule has 0 heterocycles. The highest BCUT2D eigenvalue weighted by atomic mass is 32.1. The van der Waals surface area contributed by atoms with Gasteiger partial charge in [-0.05, 0) is 30.8 Å². The molecule has 0 atom stereocenters. The monoisotopic (exact) mass is 418 g/mol. The summed E-state index contributed by atoms with van der Waals surface area (Å²) in [4.78, 5) is 12.1. The van der Waals surface area contributed by atoms with Crippen LogP contribution in [0.4, 0.5) is 5.69 Å². The van der Waals surface area contributed by atoms with Crippen molar-refractivity contribution >= 4 is 28.9 Å². The molecule has 1 aromatic carbocycles. The Kier molecular flexibility index (Phi) is 14.8. The minimum absolute atomic E-state index is 0.0390. The Morgan fingerprint density at radius 1 is 1.00 bits per heavy atom. The van der Waals surface area contributed by atoms with Gasteiger partial charge in [-0.15, -0.1) is 0 Å². The number of para-hydroxylation sites is 2. The summed E-state index contributed by atoms with van der Waals surface area (Å²) in [5.74, 6) is 0.636. The molecule has 0 saturated carbocycles. The van der Waals surface area contributed by atoms with Crippen LogP contribution in [0.2, 0.25) is 0 Å². The highest BCUT2D eigenvalue weighted by Gasteiger charge is 2.08. The minimum Gasteiger partial charge on any atom is -0.487 e. The van der Waals surface area contributed by atoms with Gasteiger partial charge >= 0.3 is 0 Å². The Bertz CT molecular complexity index is 604. The van der Waals surface area contributed by atoms with Crippen LogP contribution >= 0.6 is 12.2 Å². The maximum atomic E-state index is 12.1. The Balaban J connectivity index is 2.10. The topological polar surface area (TPSA) is 50.4 Å². The van der Waals surface area contributed by atoms with Gasteiger partial charge in [0.15, 0.2) is 5.11 Å². The van der Waals surface area contributed by atoms with Crippen molar-refractivity contribution in [3.8, 4) is 5.75 Å². The third-order valence-corrected chi connectivity index (χ3v) is 4.96. The smallest absolute Gasteiger partial charge is 0.226 e. The number of ether oxygens (including phenoxy) is 1. The molecule has 0 aliphatic rings. The number of hydrogen-bond donors (Lipinski definition) is 2. The number of rotatable bonds is 16. The van der Waals surface area contributed by atoms with E-state index in [-0.39, 0.29) is 5.91 Å². The van der Waals surface area contributed by atoms with Gasteiger partial charge in [0.25, 0.3) is 0 Å². The van der Waals surface area contributed by atoms with Crippen LogP contribution in [-0.2, 0) is 4.79 Å². The standard InChI is InChI=1S/C24H38N2O2S/c1-3-5-6-7-8-9-10-11-12-13-14-19-23(27)26-24(29)25-21-17-15-16-18-22(21)28-20-4-2/h4,15-18H,2-3,5-14,19-20H2,1H3,(H2,25,26,27,29). The summed E-state index contributed by atoms with van der Waals surface area (Å²) in [6.45, 7) is 6.31. The van der Waals surface area contributed by atoms with Crippen molar-refractivity contribution in [2.45, 2.75) is 84.0 Å². The SMILES string of the molecule is C=CCOc1ccccc1NC(=S)NC(=O)CCCCCCCCCCCCC. The molecule has 0 aromatic heterocycles. The zero-order valence-corrected chi connectivity index (χ0v) is 18.8. The predicted molar refractivity (Wildman–Crippen MR) is 128 cm³/mol. The van der Waals surface area contributed by atoms with Crippen molar-refractivity contribution in [3.05, 3.63) is 36.9 Å². The lowest BCUT2D eigenvalue weighted by molar-refractivity contribution is -0.119. The van der Waals surface area contributed by atoms with Gasteiger partial charge in [0.2, 0.25) is 5.91 Å². The van der Waals surface area contributed by atoms with E-state index in [2.05, 4.69) is 24.1 Å². The Hall–Kier alpha value is -1.88. The molecule has 0 bridgehead atoms. The zero-order chi connectivity index (χ0) is 21.2. The Morgan fingerprint density at radius 3 is 2.21 bits per heavy atom. The maximum Gasteiger partial charge on any atom is 0.226 e. The van der Waals surface area contributed by atoms with Crippen LogP contribution in [0.5, 0.6) is 5.75 Å². The minimum atomic E-state index is -0.0390. The molecule has 0 saturated heterocycles. The van der Waals surface area contributed by atoms with Crippen molar-refractivity contribution in [3.63, 3.8) is 0 Å². The summed E-state index contributed by atoms with van der Waals surface area (Å²) in [6.07, 6.45) is 16.2. The molecule has 4 nitrogen and oxygen atoms in total. The fourth-order valence-electron chi connectivity index (χ4n) is 3.14. The lowest BCUT2D eigenvalue weighted by Gasteiger charge is -2.13. The number of carbonyl (C=O) groups excluding carboxylic acids is 1. The fraction of sp³-hybridized carbons (Fsp3) is 0.583. The number of benzene rings is 1. The average Bonchev–Trinajstić information content (AvgIpc) is 2.71. The quantitative estimate of drug-likeness (QED) is 0.177. The van der Waals surface area contributed by atoms with Gasteiger partial charge in [-0.1, -0.05) is 95.9 Å². The molecule has 29 heavy (non-hydrogen) atoms. The summed E-state index contributed by atoms with van der Waals surface area (Å²) < 4.78 is 5.58. The number of anilines is 1.